The molecule has 2 aromatic carbocycles. The Morgan fingerprint density at radius 1 is 1.06 bits per heavy atom. The highest BCUT2D eigenvalue weighted by Gasteiger charge is 2.11. The van der Waals surface area contributed by atoms with Crippen LogP contribution in [-0.2, 0) is 0 Å². The number of hydrogen-bond donors (Lipinski definition) is 0. The molecule has 0 nitrogen and oxygen atoms in total. The second-order valence-electron chi connectivity index (χ2n) is 3.95. The van der Waals surface area contributed by atoms with Gasteiger partial charge in [0.25, 0.3) is 0 Å². The van der Waals surface area contributed by atoms with Crippen molar-refractivity contribution in [2.24, 2.45) is 0 Å². The molecule has 17 heavy (non-hydrogen) atoms. The van der Waals surface area contributed by atoms with Crippen molar-refractivity contribution < 1.29 is 4.39 Å². The van der Waals surface area contributed by atoms with Gasteiger partial charge in [0.15, 0.2) is 0 Å². The normalized spacial score (nSPS) is 12.5. The number of hydrogen-bond acceptors (Lipinski definition) is 0. The van der Waals surface area contributed by atoms with Gasteiger partial charge in [-0.3, -0.25) is 0 Å². The lowest BCUT2D eigenvalue weighted by Crippen LogP contribution is -1.93. The van der Waals surface area contributed by atoms with Gasteiger partial charge in [-0.1, -0.05) is 63.4 Å². The summed E-state index contributed by atoms with van der Waals surface area (Å²) in [5.74, 6) is -0.390. The van der Waals surface area contributed by atoms with Gasteiger partial charge in [0.2, 0.25) is 0 Å². The summed E-state index contributed by atoms with van der Waals surface area (Å²) in [6.45, 7) is 2.04. The second kappa shape index (κ2) is 5.19. The van der Waals surface area contributed by atoms with Gasteiger partial charge in [0.05, 0.1) is 9.85 Å². The molecule has 0 bridgehead atoms. The first kappa shape index (κ1) is 12.6. The highest BCUT2D eigenvalue weighted by atomic mass is 79.9. The zero-order valence-electron chi connectivity index (χ0n) is 9.25. The first-order chi connectivity index (χ1) is 8.08. The number of alkyl halides is 1. The third kappa shape index (κ3) is 2.88. The summed E-state index contributed by atoms with van der Waals surface area (Å²) in [5, 5.41) is 0.152. The predicted octanol–water partition coefficient (Wildman–Crippen LogP) is 5.27. The molecule has 0 saturated carbocycles. The average Bonchev–Trinajstić information content (AvgIpc) is 2.33. The smallest absolute Gasteiger partial charge is 0.141 e. The molecule has 2 aromatic rings. The SMILES string of the molecule is Cc1ccc(C(Br)c2ccc(F)c(Cl)c2)cc1. The van der Waals surface area contributed by atoms with Gasteiger partial charge in [-0.25, -0.2) is 4.39 Å². The lowest BCUT2D eigenvalue weighted by atomic mass is 10.0. The second-order valence-corrected chi connectivity index (χ2v) is 5.27. The highest BCUT2D eigenvalue weighted by Crippen LogP contribution is 2.32. The molecule has 0 aromatic heterocycles. The van der Waals surface area contributed by atoms with Crippen molar-refractivity contribution in [1.82, 2.24) is 0 Å². The van der Waals surface area contributed by atoms with Crippen LogP contribution in [0.3, 0.4) is 0 Å². The Bertz CT molecular complexity index is 522. The Balaban J connectivity index is 2.33. The van der Waals surface area contributed by atoms with E-state index in [2.05, 4.69) is 28.1 Å². The van der Waals surface area contributed by atoms with E-state index in [1.54, 1.807) is 12.1 Å². The molecule has 1 unspecified atom stereocenters. The van der Waals surface area contributed by atoms with Crippen LogP contribution in [0, 0.1) is 12.7 Å². The van der Waals surface area contributed by atoms with Crippen molar-refractivity contribution >= 4 is 27.5 Å². The van der Waals surface area contributed by atoms with Gasteiger partial charge in [-0.2, -0.15) is 0 Å². The number of aryl methyl sites for hydroxylation is 1. The van der Waals surface area contributed by atoms with Crippen LogP contribution in [-0.4, -0.2) is 0 Å². The lowest BCUT2D eigenvalue weighted by molar-refractivity contribution is 0.627. The van der Waals surface area contributed by atoms with Crippen molar-refractivity contribution in [2.75, 3.05) is 0 Å². The summed E-state index contributed by atoms with van der Waals surface area (Å²) < 4.78 is 13.1. The maximum absolute atomic E-state index is 13.1. The molecule has 0 spiro atoms. The van der Waals surface area contributed by atoms with E-state index in [1.165, 1.54) is 11.6 Å². The molecular weight excluding hydrogens is 303 g/mol. The van der Waals surface area contributed by atoms with Crippen LogP contribution >= 0.6 is 27.5 Å². The van der Waals surface area contributed by atoms with E-state index in [-0.39, 0.29) is 15.7 Å². The zero-order valence-corrected chi connectivity index (χ0v) is 11.6. The van der Waals surface area contributed by atoms with E-state index in [9.17, 15) is 4.39 Å². The van der Waals surface area contributed by atoms with Crippen molar-refractivity contribution in [3.8, 4) is 0 Å². The lowest BCUT2D eigenvalue weighted by Gasteiger charge is -2.11. The van der Waals surface area contributed by atoms with Crippen LogP contribution in [0.15, 0.2) is 42.5 Å². The van der Waals surface area contributed by atoms with Gasteiger partial charge in [-0.15, -0.1) is 0 Å². The Morgan fingerprint density at radius 3 is 2.24 bits per heavy atom. The quantitative estimate of drug-likeness (QED) is 0.662. The minimum absolute atomic E-state index is 0.0289. The Labute approximate surface area is 114 Å². The molecule has 0 fully saturated rings. The topological polar surface area (TPSA) is 0 Å². The molecule has 0 aliphatic heterocycles. The summed E-state index contributed by atoms with van der Waals surface area (Å²) in [4.78, 5) is 0.0289. The molecule has 0 heterocycles. The number of benzene rings is 2. The fraction of sp³-hybridized carbons (Fsp3) is 0.143. The fourth-order valence-electron chi connectivity index (χ4n) is 1.60. The number of rotatable bonds is 2. The van der Waals surface area contributed by atoms with Crippen LogP contribution in [0.1, 0.15) is 21.5 Å². The largest absolute Gasteiger partial charge is 0.205 e. The molecule has 3 heteroatoms. The van der Waals surface area contributed by atoms with Crippen molar-refractivity contribution in [1.29, 1.82) is 0 Å². The van der Waals surface area contributed by atoms with Crippen LogP contribution in [0.25, 0.3) is 0 Å². The van der Waals surface area contributed by atoms with Gasteiger partial charge in [0, 0.05) is 0 Å². The van der Waals surface area contributed by atoms with Crippen molar-refractivity contribution in [3.63, 3.8) is 0 Å². The minimum Gasteiger partial charge on any atom is -0.205 e. The molecule has 0 aliphatic rings. The first-order valence-electron chi connectivity index (χ1n) is 5.23. The predicted molar refractivity (Wildman–Crippen MR) is 73.4 cm³/mol. The van der Waals surface area contributed by atoms with Gasteiger partial charge in [-0.05, 0) is 30.2 Å². The standard InChI is InChI=1S/C14H11BrClF/c1-9-2-4-10(5-3-9)14(15)11-6-7-13(17)12(16)8-11/h2-8,14H,1H3. The van der Waals surface area contributed by atoms with E-state index in [4.69, 9.17) is 11.6 Å². The highest BCUT2D eigenvalue weighted by molar-refractivity contribution is 9.09. The molecule has 0 saturated heterocycles. The van der Waals surface area contributed by atoms with E-state index >= 15 is 0 Å². The molecule has 0 amide bonds. The van der Waals surface area contributed by atoms with Crippen molar-refractivity contribution in [2.45, 2.75) is 11.8 Å². The third-order valence-corrected chi connectivity index (χ3v) is 3.95. The molecule has 0 aliphatic carbocycles. The maximum atomic E-state index is 13.1. The van der Waals surface area contributed by atoms with E-state index in [0.717, 1.165) is 11.1 Å². The molecule has 0 N–H and O–H groups in total. The summed E-state index contributed by atoms with van der Waals surface area (Å²) >= 11 is 9.37. The summed E-state index contributed by atoms with van der Waals surface area (Å²) in [7, 11) is 0. The van der Waals surface area contributed by atoms with E-state index in [0.29, 0.717) is 0 Å². The monoisotopic (exact) mass is 312 g/mol. The third-order valence-electron chi connectivity index (χ3n) is 2.61. The fourth-order valence-corrected chi connectivity index (χ4v) is 2.38. The Hall–Kier alpha value is -0.860. The van der Waals surface area contributed by atoms with Crippen LogP contribution in [0.2, 0.25) is 5.02 Å². The summed E-state index contributed by atoms with van der Waals surface area (Å²) in [6, 6.07) is 13.0. The molecule has 1 atom stereocenters. The zero-order chi connectivity index (χ0) is 12.4. The van der Waals surface area contributed by atoms with Crippen LogP contribution in [0.4, 0.5) is 4.39 Å². The minimum atomic E-state index is -0.390. The summed E-state index contributed by atoms with van der Waals surface area (Å²) in [5.41, 5.74) is 3.28. The van der Waals surface area contributed by atoms with E-state index < -0.39 is 0 Å². The average molecular weight is 314 g/mol. The molecule has 0 radical (unpaired) electrons. The summed E-state index contributed by atoms with van der Waals surface area (Å²) in [6.07, 6.45) is 0. The van der Waals surface area contributed by atoms with Gasteiger partial charge in [0.1, 0.15) is 5.82 Å². The molecule has 2 rings (SSSR count). The van der Waals surface area contributed by atoms with Crippen LogP contribution in [0.5, 0.6) is 0 Å². The van der Waals surface area contributed by atoms with Gasteiger partial charge < -0.3 is 0 Å². The first-order valence-corrected chi connectivity index (χ1v) is 6.53. The maximum Gasteiger partial charge on any atom is 0.141 e. The molecular formula is C14H11BrClF. The van der Waals surface area contributed by atoms with E-state index in [1.807, 2.05) is 19.1 Å². The van der Waals surface area contributed by atoms with Gasteiger partial charge >= 0.3 is 0 Å². The Morgan fingerprint density at radius 2 is 1.65 bits per heavy atom. The number of halogens is 3. The molecule has 88 valence electrons. The van der Waals surface area contributed by atoms with Crippen molar-refractivity contribution in [3.05, 3.63) is 70.0 Å². The van der Waals surface area contributed by atoms with Crippen LogP contribution < -0.4 is 0 Å². The Kier molecular flexibility index (Phi) is 3.85.